The van der Waals surface area contributed by atoms with Crippen molar-refractivity contribution in [2.45, 2.75) is 63.2 Å². The van der Waals surface area contributed by atoms with Crippen LogP contribution in [-0.4, -0.2) is 0 Å². The normalized spacial score (nSPS) is 14.8. The summed E-state index contributed by atoms with van der Waals surface area (Å²) in [4.78, 5) is 2.43. The molecule has 73 heavy (non-hydrogen) atoms. The zero-order chi connectivity index (χ0) is 49.2. The zero-order valence-corrected chi connectivity index (χ0v) is 42.0. The molecule has 3 nitrogen and oxygen atoms in total. The number of benzene rings is 10. The number of rotatable bonds is 3. The second-order valence-electron chi connectivity index (χ2n) is 22.7. The molecular formula is C70H53NO2. The Morgan fingerprint density at radius 2 is 0.808 bits per heavy atom. The summed E-state index contributed by atoms with van der Waals surface area (Å²) < 4.78 is 14.6. The summed E-state index contributed by atoms with van der Waals surface area (Å²) in [6.07, 6.45) is 0. The Balaban J connectivity index is 1.06. The van der Waals surface area contributed by atoms with Gasteiger partial charge in [0.05, 0.1) is 22.2 Å². The number of furan rings is 1. The molecule has 11 aromatic rings. The van der Waals surface area contributed by atoms with E-state index in [4.69, 9.17) is 9.15 Å². The van der Waals surface area contributed by atoms with Gasteiger partial charge in [-0.05, 0) is 125 Å². The number of ether oxygens (including phenoxy) is 1. The minimum atomic E-state index is -0.703. The Kier molecular flexibility index (Phi) is 8.47. The van der Waals surface area contributed by atoms with Crippen molar-refractivity contribution in [3.63, 3.8) is 0 Å². The van der Waals surface area contributed by atoms with Gasteiger partial charge in [0.25, 0.3) is 0 Å². The van der Waals surface area contributed by atoms with E-state index in [2.05, 4.69) is 259 Å². The van der Waals surface area contributed by atoms with Crippen molar-refractivity contribution >= 4 is 39.0 Å². The lowest BCUT2D eigenvalue weighted by atomic mass is 9.64. The van der Waals surface area contributed by atoms with Gasteiger partial charge in [-0.3, -0.25) is 0 Å². The van der Waals surface area contributed by atoms with Gasteiger partial charge in [0.1, 0.15) is 11.3 Å². The van der Waals surface area contributed by atoms with Gasteiger partial charge in [0.15, 0.2) is 11.3 Å². The third-order valence-electron chi connectivity index (χ3n) is 16.9. The van der Waals surface area contributed by atoms with Gasteiger partial charge in [-0.25, -0.2) is 0 Å². The van der Waals surface area contributed by atoms with Crippen LogP contribution < -0.4 is 9.64 Å². The third kappa shape index (κ3) is 5.49. The molecule has 10 aromatic carbocycles. The lowest BCUT2D eigenvalue weighted by molar-refractivity contribution is 0.437. The van der Waals surface area contributed by atoms with E-state index in [1.807, 2.05) is 0 Å². The van der Waals surface area contributed by atoms with Gasteiger partial charge < -0.3 is 14.1 Å². The molecule has 2 spiro atoms. The van der Waals surface area contributed by atoms with Gasteiger partial charge in [0, 0.05) is 27.6 Å². The molecule has 0 unspecified atom stereocenters. The summed E-state index contributed by atoms with van der Waals surface area (Å²) in [7, 11) is 0. The molecule has 1 aromatic heterocycles. The summed E-state index contributed by atoms with van der Waals surface area (Å²) in [6.45, 7) is 13.9. The van der Waals surface area contributed by atoms with Crippen LogP contribution in [0, 0.1) is 0 Å². The molecule has 1 aliphatic heterocycles. The molecule has 0 saturated carbocycles. The molecule has 4 aliphatic rings. The molecule has 0 radical (unpaired) electrons. The summed E-state index contributed by atoms with van der Waals surface area (Å²) in [6, 6.07) is 79.4. The van der Waals surface area contributed by atoms with Crippen molar-refractivity contribution in [2.24, 2.45) is 0 Å². The van der Waals surface area contributed by atoms with E-state index < -0.39 is 10.8 Å². The molecule has 0 amide bonds. The minimum Gasteiger partial charge on any atom is -0.454 e. The summed E-state index contributed by atoms with van der Waals surface area (Å²) in [5.74, 6) is 1.68. The first-order valence-corrected chi connectivity index (χ1v) is 25.8. The van der Waals surface area contributed by atoms with Crippen LogP contribution in [0.15, 0.2) is 217 Å². The first-order chi connectivity index (χ1) is 35.5. The average molecular weight is 940 g/mol. The number of hydrogen-bond donors (Lipinski definition) is 0. The molecular weight excluding hydrogens is 887 g/mol. The number of fused-ring (bicyclic) bond motifs is 22. The molecule has 15 rings (SSSR count). The van der Waals surface area contributed by atoms with Crippen molar-refractivity contribution < 1.29 is 9.15 Å². The maximum atomic E-state index is 7.57. The van der Waals surface area contributed by atoms with Crippen molar-refractivity contribution in [1.82, 2.24) is 0 Å². The molecule has 3 aliphatic carbocycles. The van der Waals surface area contributed by atoms with E-state index in [1.165, 1.54) is 77.9 Å². The lowest BCUT2D eigenvalue weighted by Crippen LogP contribution is -2.33. The van der Waals surface area contributed by atoms with Crippen molar-refractivity contribution in [2.75, 3.05) is 4.90 Å². The molecule has 350 valence electrons. The van der Waals surface area contributed by atoms with Gasteiger partial charge in [0.2, 0.25) is 0 Å². The smallest absolute Gasteiger partial charge is 0.159 e. The second kappa shape index (κ2) is 14.6. The van der Waals surface area contributed by atoms with E-state index in [9.17, 15) is 0 Å². The van der Waals surface area contributed by atoms with Crippen LogP contribution in [0.5, 0.6) is 11.5 Å². The first-order valence-electron chi connectivity index (χ1n) is 25.8. The molecule has 3 heteroatoms. The number of para-hydroxylation sites is 4. The fraction of sp³-hybridized carbons (Fsp3) is 0.143. The first kappa shape index (κ1) is 42.3. The Hall–Kier alpha value is -8.40. The quantitative estimate of drug-likeness (QED) is 0.176. The predicted molar refractivity (Wildman–Crippen MR) is 299 cm³/mol. The summed E-state index contributed by atoms with van der Waals surface area (Å²) in [5, 5.41) is 2.15. The maximum absolute atomic E-state index is 7.57. The van der Waals surface area contributed by atoms with E-state index >= 15 is 0 Å². The highest BCUT2D eigenvalue weighted by atomic mass is 16.5. The number of anilines is 3. The number of hydrogen-bond acceptors (Lipinski definition) is 3. The molecule has 0 fully saturated rings. The van der Waals surface area contributed by atoms with Crippen molar-refractivity contribution in [1.29, 1.82) is 0 Å². The standard InChI is InChI=1S/C70H53NO2/c1-67(2,3)42-33-36-48-49-37-34-43(68(4,5)6)40-59(49)70(58(48)39-42)56-27-14-16-32-64(56)73-66-57(70)28-18-30-62(66)71(61-29-17-23-52-51-22-10-15-31-63(51)72-65(52)61)44-35-38-50-47-21-9-13-26-55(47)69(60(50)41-44)53-24-11-7-19-45(53)46-20-8-12-25-54(46)69/h7-41H,1-6H3. The van der Waals surface area contributed by atoms with Gasteiger partial charge >= 0.3 is 0 Å². The fourth-order valence-corrected chi connectivity index (χ4v) is 13.6. The summed E-state index contributed by atoms with van der Waals surface area (Å²) in [5.41, 5.74) is 23.4. The van der Waals surface area contributed by atoms with Crippen LogP contribution in [0.1, 0.15) is 97.2 Å². The molecule has 0 atom stereocenters. The maximum Gasteiger partial charge on any atom is 0.159 e. The van der Waals surface area contributed by atoms with E-state index in [1.54, 1.807) is 0 Å². The van der Waals surface area contributed by atoms with Crippen LogP contribution in [0.4, 0.5) is 17.1 Å². The molecule has 2 heterocycles. The second-order valence-corrected chi connectivity index (χ2v) is 22.7. The Morgan fingerprint density at radius 1 is 0.356 bits per heavy atom. The van der Waals surface area contributed by atoms with E-state index in [0.29, 0.717) is 0 Å². The summed E-state index contributed by atoms with van der Waals surface area (Å²) >= 11 is 0. The SMILES string of the molecule is CC(C)(C)c1ccc2c(c1)C1(c3ccccc3Oc3c(N(c4ccc5c(c4)C4(c6ccccc6-c6ccccc64)c4ccccc4-5)c4cccc5c4oc4ccccc45)cccc31)c1cc(C(C)(C)C)ccc1-2. The highest BCUT2D eigenvalue weighted by molar-refractivity contribution is 6.11. The van der Waals surface area contributed by atoms with Crippen LogP contribution >= 0.6 is 0 Å². The van der Waals surface area contributed by atoms with Gasteiger partial charge in [-0.2, -0.15) is 0 Å². The van der Waals surface area contributed by atoms with Crippen molar-refractivity contribution in [3.05, 3.63) is 268 Å². The molecule has 0 bridgehead atoms. The van der Waals surface area contributed by atoms with E-state index in [0.717, 1.165) is 61.6 Å². The van der Waals surface area contributed by atoms with Crippen molar-refractivity contribution in [3.8, 4) is 44.9 Å². The fourth-order valence-electron chi connectivity index (χ4n) is 13.6. The Bertz CT molecular complexity index is 4040. The Labute approximate surface area is 427 Å². The van der Waals surface area contributed by atoms with Crippen LogP contribution in [0.2, 0.25) is 0 Å². The minimum absolute atomic E-state index is 0.0794. The average Bonchev–Trinajstić information content (AvgIpc) is 4.13. The predicted octanol–water partition coefficient (Wildman–Crippen LogP) is 18.5. The molecule has 0 saturated heterocycles. The van der Waals surface area contributed by atoms with Crippen LogP contribution in [-0.2, 0) is 21.7 Å². The van der Waals surface area contributed by atoms with Gasteiger partial charge in [-0.15, -0.1) is 0 Å². The highest BCUT2D eigenvalue weighted by Crippen LogP contribution is 2.67. The molecule has 0 N–H and O–H groups in total. The number of nitrogens with zero attached hydrogens (tertiary/aromatic N) is 1. The zero-order valence-electron chi connectivity index (χ0n) is 42.0. The van der Waals surface area contributed by atoms with Gasteiger partial charge in [-0.1, -0.05) is 217 Å². The Morgan fingerprint density at radius 3 is 1.42 bits per heavy atom. The highest BCUT2D eigenvalue weighted by Gasteiger charge is 2.54. The monoisotopic (exact) mass is 939 g/mol. The third-order valence-corrected chi connectivity index (χ3v) is 16.9. The topological polar surface area (TPSA) is 25.6 Å². The largest absolute Gasteiger partial charge is 0.454 e. The lowest BCUT2D eigenvalue weighted by Gasteiger charge is -2.42. The van der Waals surface area contributed by atoms with Crippen LogP contribution in [0.25, 0.3) is 55.3 Å². The van der Waals surface area contributed by atoms with E-state index in [-0.39, 0.29) is 10.8 Å². The van der Waals surface area contributed by atoms with Crippen LogP contribution in [0.3, 0.4) is 0 Å².